The summed E-state index contributed by atoms with van der Waals surface area (Å²) in [6.07, 6.45) is 1.98. The number of phenols is 1. The monoisotopic (exact) mass is 905 g/mol. The third kappa shape index (κ3) is 8.69. The Hall–Kier alpha value is -4.83. The number of rotatable bonds is 7. The number of para-hydroxylation sites is 1. The van der Waals surface area contributed by atoms with Crippen LogP contribution in [0.4, 0.5) is 0 Å². The number of hydrogen-bond donors (Lipinski definition) is 1. The van der Waals surface area contributed by atoms with Crippen LogP contribution in [-0.4, -0.2) is 19.6 Å². The topological polar surface area (TPSA) is 50.9 Å². The fraction of sp³-hybridized carbons (Fsp3) is 0.280. The number of aromatic hydroxyl groups is 1. The Morgan fingerprint density at radius 2 is 1.29 bits per heavy atom. The number of hydrogen-bond acceptors (Lipinski definition) is 3. The smallest absolute Gasteiger partial charge is 0.148 e. The number of aryl methyl sites for hydroxylation is 4. The van der Waals surface area contributed by atoms with Crippen molar-refractivity contribution in [1.29, 1.82) is 0 Å². The molecule has 4 nitrogen and oxygen atoms in total. The molecule has 1 radical (unpaired) electrons. The predicted octanol–water partition coefficient (Wildman–Crippen LogP) is 13.5. The van der Waals surface area contributed by atoms with Crippen LogP contribution in [0.25, 0.3) is 50.2 Å². The first-order valence-corrected chi connectivity index (χ1v) is 19.2. The molecule has 0 bridgehead atoms. The molecule has 0 atom stereocenters. The summed E-state index contributed by atoms with van der Waals surface area (Å²) in [6.45, 7) is 23.9. The summed E-state index contributed by atoms with van der Waals surface area (Å²) in [7, 11) is 0. The van der Waals surface area contributed by atoms with Gasteiger partial charge in [0.15, 0.2) is 0 Å². The Labute approximate surface area is 342 Å². The molecule has 0 aliphatic carbocycles. The first kappa shape index (κ1) is 41.3. The van der Waals surface area contributed by atoms with Gasteiger partial charge in [0.2, 0.25) is 0 Å². The Morgan fingerprint density at radius 1 is 0.655 bits per heavy atom. The molecule has 0 spiro atoms. The van der Waals surface area contributed by atoms with Crippen molar-refractivity contribution in [3.63, 3.8) is 0 Å². The third-order valence-corrected chi connectivity index (χ3v) is 10.4. The van der Waals surface area contributed by atoms with E-state index in [2.05, 4.69) is 153 Å². The molecule has 0 saturated heterocycles. The van der Waals surface area contributed by atoms with E-state index in [0.29, 0.717) is 17.8 Å². The first-order chi connectivity index (χ1) is 25.7. The zero-order chi connectivity index (χ0) is 38.8. The van der Waals surface area contributed by atoms with Crippen molar-refractivity contribution in [2.75, 3.05) is 0 Å². The second-order valence-electron chi connectivity index (χ2n) is 15.6. The van der Waals surface area contributed by atoms with Crippen molar-refractivity contribution in [3.8, 4) is 45.2 Å². The molecule has 0 saturated carbocycles. The summed E-state index contributed by atoms with van der Waals surface area (Å²) >= 11 is 0. The minimum absolute atomic E-state index is 0. The summed E-state index contributed by atoms with van der Waals surface area (Å²) < 4.78 is 2.25. The number of benzene rings is 5. The standard InChI is InChI=1S/C29H32N2O.C21H22N.Ir/c1-18(2)25-16-23(22-12-8-7-9-13-22)17-26(19(3)4)28(25)31-21(6)20(5)30-29(31)24-14-10-11-15-27(24)32;1-13(2)17-6-7-19-20(11-17)16(5)12-22-21(19)18-9-14(3)8-15(4)10-18;/h7-19,32H,1-6H3;6-9,11-13H,1-5H3;/q;-1;. The summed E-state index contributed by atoms with van der Waals surface area (Å²) in [5.74, 6) is 2.22. The number of imidazole rings is 1. The van der Waals surface area contributed by atoms with E-state index in [1.54, 1.807) is 6.07 Å². The van der Waals surface area contributed by atoms with Gasteiger partial charge in [-0.1, -0.05) is 116 Å². The van der Waals surface area contributed by atoms with Crippen molar-refractivity contribution in [3.05, 3.63) is 154 Å². The summed E-state index contributed by atoms with van der Waals surface area (Å²) in [4.78, 5) is 9.60. The Morgan fingerprint density at radius 3 is 1.89 bits per heavy atom. The fourth-order valence-corrected chi connectivity index (χ4v) is 7.34. The van der Waals surface area contributed by atoms with Crippen LogP contribution < -0.4 is 0 Å². The molecule has 7 rings (SSSR count). The largest absolute Gasteiger partial charge is 0.507 e. The van der Waals surface area contributed by atoms with Crippen molar-refractivity contribution in [1.82, 2.24) is 14.5 Å². The first-order valence-electron chi connectivity index (χ1n) is 19.2. The van der Waals surface area contributed by atoms with Gasteiger partial charge in [-0.3, -0.25) is 4.57 Å². The van der Waals surface area contributed by atoms with Gasteiger partial charge in [0.05, 0.1) is 16.9 Å². The van der Waals surface area contributed by atoms with Gasteiger partial charge in [0.25, 0.3) is 0 Å². The van der Waals surface area contributed by atoms with Crippen LogP contribution in [0.5, 0.6) is 5.75 Å². The maximum absolute atomic E-state index is 10.6. The van der Waals surface area contributed by atoms with Gasteiger partial charge in [-0.2, -0.15) is 0 Å². The second kappa shape index (κ2) is 17.3. The molecule has 0 aliphatic rings. The van der Waals surface area contributed by atoms with Gasteiger partial charge in [-0.25, -0.2) is 4.98 Å². The van der Waals surface area contributed by atoms with Crippen molar-refractivity contribution < 1.29 is 25.2 Å². The van der Waals surface area contributed by atoms with E-state index in [1.165, 1.54) is 55.4 Å². The Balaban J connectivity index is 0.000000221. The van der Waals surface area contributed by atoms with E-state index in [9.17, 15) is 5.11 Å². The number of aromatic nitrogens is 3. The normalized spacial score (nSPS) is 11.2. The molecule has 0 fully saturated rings. The van der Waals surface area contributed by atoms with Crippen LogP contribution >= 0.6 is 0 Å². The van der Waals surface area contributed by atoms with Crippen LogP contribution in [0.3, 0.4) is 0 Å². The number of nitrogens with zero attached hydrogens (tertiary/aromatic N) is 3. The summed E-state index contributed by atoms with van der Waals surface area (Å²) in [6, 6.07) is 37.2. The van der Waals surface area contributed by atoms with Crippen LogP contribution in [-0.2, 0) is 20.1 Å². The zero-order valence-electron chi connectivity index (χ0n) is 34.2. The number of phenolic OH excluding ortho intramolecular Hbond substituents is 1. The molecule has 2 heterocycles. The van der Waals surface area contributed by atoms with E-state index < -0.39 is 0 Å². The van der Waals surface area contributed by atoms with Crippen LogP contribution in [0, 0.1) is 40.7 Å². The second-order valence-corrected chi connectivity index (χ2v) is 15.6. The molecule has 5 aromatic carbocycles. The average Bonchev–Trinajstić information content (AvgIpc) is 3.43. The maximum Gasteiger partial charge on any atom is 0.148 e. The van der Waals surface area contributed by atoms with Gasteiger partial charge in [-0.15, -0.1) is 34.9 Å². The average molecular weight is 905 g/mol. The maximum atomic E-state index is 10.6. The molecule has 5 heteroatoms. The minimum Gasteiger partial charge on any atom is -0.507 e. The minimum atomic E-state index is 0. The fourth-order valence-electron chi connectivity index (χ4n) is 7.34. The molecule has 2 aromatic heterocycles. The molecule has 0 unspecified atom stereocenters. The molecule has 55 heavy (non-hydrogen) atoms. The molecular weight excluding hydrogens is 851 g/mol. The van der Waals surface area contributed by atoms with Crippen LogP contribution in [0.1, 0.15) is 104 Å². The van der Waals surface area contributed by atoms with E-state index in [1.807, 2.05) is 31.3 Å². The van der Waals surface area contributed by atoms with E-state index >= 15 is 0 Å². The number of fused-ring (bicyclic) bond motifs is 1. The van der Waals surface area contributed by atoms with Gasteiger partial charge >= 0.3 is 0 Å². The van der Waals surface area contributed by atoms with Gasteiger partial charge in [-0.05, 0) is 113 Å². The van der Waals surface area contributed by atoms with Gasteiger partial charge < -0.3 is 10.1 Å². The van der Waals surface area contributed by atoms with E-state index in [0.717, 1.165) is 39.6 Å². The third-order valence-electron chi connectivity index (χ3n) is 10.4. The van der Waals surface area contributed by atoms with E-state index in [4.69, 9.17) is 9.97 Å². The van der Waals surface area contributed by atoms with Crippen LogP contribution in [0.15, 0.2) is 103 Å². The molecule has 7 aromatic rings. The van der Waals surface area contributed by atoms with Gasteiger partial charge in [0.1, 0.15) is 11.6 Å². The summed E-state index contributed by atoms with van der Waals surface area (Å²) in [5.41, 5.74) is 16.2. The predicted molar refractivity (Wildman–Crippen MR) is 228 cm³/mol. The quantitative estimate of drug-likeness (QED) is 0.162. The van der Waals surface area contributed by atoms with Crippen molar-refractivity contribution >= 4 is 10.8 Å². The molecule has 285 valence electrons. The molecule has 1 N–H and O–H groups in total. The SMILES string of the molecule is Cc1[c-]c(-c2ncc(C)c3cc(C(C)C)ccc23)cc(C)c1.Cc1nc(-c2ccccc2O)n(-c2c(C(C)C)cc(-c3ccccc3)cc2C(C)C)c1C.[Ir]. The zero-order valence-corrected chi connectivity index (χ0v) is 36.6. The van der Waals surface area contributed by atoms with Crippen LogP contribution in [0.2, 0.25) is 0 Å². The Kier molecular flexibility index (Phi) is 13.0. The number of pyridine rings is 1. The van der Waals surface area contributed by atoms with E-state index in [-0.39, 0.29) is 25.9 Å². The Bertz CT molecular complexity index is 2390. The summed E-state index contributed by atoms with van der Waals surface area (Å²) in [5, 5.41) is 13.1. The van der Waals surface area contributed by atoms with Gasteiger partial charge in [0, 0.05) is 32.0 Å². The molecular formula is C50H54IrN3O-. The molecule has 0 aliphatic heterocycles. The molecule has 0 amide bonds. The van der Waals surface area contributed by atoms with Crippen molar-refractivity contribution in [2.45, 2.75) is 93.9 Å². The van der Waals surface area contributed by atoms with Crippen molar-refractivity contribution in [2.24, 2.45) is 0 Å².